The van der Waals surface area contributed by atoms with Crippen molar-refractivity contribution in [1.82, 2.24) is 0 Å². The van der Waals surface area contributed by atoms with Crippen LogP contribution in [0.5, 0.6) is 0 Å². The molecule has 0 saturated heterocycles. The first-order valence-electron chi connectivity index (χ1n) is 3.16. The number of rotatable bonds is 1. The van der Waals surface area contributed by atoms with Crippen LogP contribution in [0, 0.1) is 11.8 Å². The van der Waals surface area contributed by atoms with E-state index in [2.05, 4.69) is 0 Å². The number of halogens is 1. The lowest BCUT2D eigenvalue weighted by Crippen LogP contribution is -1.84. The number of aldehydes is 1. The predicted octanol–water partition coefficient (Wildman–Crippen LogP) is 1.72. The van der Waals surface area contributed by atoms with Gasteiger partial charge in [-0.25, -0.2) is 0 Å². The molecule has 0 radical (unpaired) electrons. The molecule has 2 aliphatic rings. The highest BCUT2D eigenvalue weighted by Crippen LogP contribution is 2.55. The van der Waals surface area contributed by atoms with Crippen LogP contribution in [0.4, 0.5) is 0 Å². The van der Waals surface area contributed by atoms with Crippen LogP contribution in [0.15, 0.2) is 10.6 Å². The van der Waals surface area contributed by atoms with Crippen molar-refractivity contribution in [1.29, 1.82) is 0 Å². The number of allylic oxidation sites excluding steroid dienone is 2. The van der Waals surface area contributed by atoms with E-state index >= 15 is 0 Å². The number of carbonyl (C=O) groups excluding carboxylic acids is 1. The lowest BCUT2D eigenvalue weighted by atomic mass is 10.2. The average molecular weight is 143 g/mol. The molecule has 2 heteroatoms. The van der Waals surface area contributed by atoms with Crippen molar-refractivity contribution < 1.29 is 4.79 Å². The third-order valence-electron chi connectivity index (χ3n) is 2.20. The Kier molecular flexibility index (Phi) is 0.974. The van der Waals surface area contributed by atoms with Crippen molar-refractivity contribution in [2.24, 2.45) is 11.8 Å². The van der Waals surface area contributed by atoms with Gasteiger partial charge in [0.1, 0.15) is 6.29 Å². The van der Waals surface area contributed by atoms with Gasteiger partial charge in [0.2, 0.25) is 0 Å². The molecule has 0 N–H and O–H groups in total. The van der Waals surface area contributed by atoms with Gasteiger partial charge in [0, 0.05) is 10.6 Å². The summed E-state index contributed by atoms with van der Waals surface area (Å²) in [5.74, 6) is 1.28. The zero-order valence-corrected chi connectivity index (χ0v) is 5.69. The normalized spacial score (nSPS) is 38.8. The van der Waals surface area contributed by atoms with Gasteiger partial charge in [-0.1, -0.05) is 11.6 Å². The molecular formula is C7H7ClO. The average Bonchev–Trinajstić information content (AvgIpc) is 2.45. The van der Waals surface area contributed by atoms with E-state index in [0.29, 0.717) is 5.92 Å². The summed E-state index contributed by atoms with van der Waals surface area (Å²) in [5, 5.41) is 0.811. The predicted molar refractivity (Wildman–Crippen MR) is 35.2 cm³/mol. The van der Waals surface area contributed by atoms with Crippen LogP contribution in [0.2, 0.25) is 0 Å². The van der Waals surface area contributed by atoms with E-state index in [9.17, 15) is 4.79 Å². The molecule has 0 aromatic rings. The van der Waals surface area contributed by atoms with Crippen LogP contribution in [0.3, 0.4) is 0 Å². The van der Waals surface area contributed by atoms with Gasteiger partial charge >= 0.3 is 0 Å². The van der Waals surface area contributed by atoms with Crippen molar-refractivity contribution in [2.75, 3.05) is 0 Å². The molecule has 0 aromatic heterocycles. The summed E-state index contributed by atoms with van der Waals surface area (Å²) in [6.07, 6.45) is 3.07. The molecule has 0 amide bonds. The summed E-state index contributed by atoms with van der Waals surface area (Å²) in [6.45, 7) is 0. The molecule has 0 aromatic carbocycles. The SMILES string of the molecule is O=CC1=C(Cl)CC2CC12. The highest BCUT2D eigenvalue weighted by Gasteiger charge is 2.46. The zero-order valence-electron chi connectivity index (χ0n) is 4.93. The van der Waals surface area contributed by atoms with Gasteiger partial charge in [-0.3, -0.25) is 4.79 Å². The van der Waals surface area contributed by atoms with Crippen molar-refractivity contribution in [3.63, 3.8) is 0 Å². The first-order valence-corrected chi connectivity index (χ1v) is 3.54. The second-order valence-electron chi connectivity index (χ2n) is 2.78. The molecule has 0 aliphatic heterocycles. The Balaban J connectivity index is 2.31. The van der Waals surface area contributed by atoms with Gasteiger partial charge in [-0.2, -0.15) is 0 Å². The lowest BCUT2D eigenvalue weighted by Gasteiger charge is -1.91. The van der Waals surface area contributed by atoms with E-state index < -0.39 is 0 Å². The van der Waals surface area contributed by atoms with Gasteiger partial charge in [0.15, 0.2) is 0 Å². The lowest BCUT2D eigenvalue weighted by molar-refractivity contribution is -0.105. The quantitative estimate of drug-likeness (QED) is 0.510. The van der Waals surface area contributed by atoms with Crippen LogP contribution in [0.1, 0.15) is 12.8 Å². The third kappa shape index (κ3) is 0.645. The van der Waals surface area contributed by atoms with Crippen molar-refractivity contribution in [3.05, 3.63) is 10.6 Å². The molecule has 1 fully saturated rings. The first-order chi connectivity index (χ1) is 4.33. The molecule has 2 atom stereocenters. The second-order valence-corrected chi connectivity index (χ2v) is 3.24. The van der Waals surface area contributed by atoms with Crippen LogP contribution in [-0.2, 0) is 4.79 Å². The van der Waals surface area contributed by atoms with E-state index in [0.717, 1.165) is 29.2 Å². The maximum absolute atomic E-state index is 10.3. The highest BCUT2D eigenvalue weighted by atomic mass is 35.5. The first kappa shape index (κ1) is 5.48. The Bertz CT molecular complexity index is 195. The number of fused-ring (bicyclic) bond motifs is 1. The summed E-state index contributed by atoms with van der Waals surface area (Å²) in [7, 11) is 0. The maximum Gasteiger partial charge on any atom is 0.147 e. The van der Waals surface area contributed by atoms with Crippen molar-refractivity contribution >= 4 is 17.9 Å². The minimum Gasteiger partial charge on any atom is -0.298 e. The molecule has 2 aliphatic carbocycles. The fraction of sp³-hybridized carbons (Fsp3) is 0.571. The van der Waals surface area contributed by atoms with Gasteiger partial charge < -0.3 is 0 Å². The topological polar surface area (TPSA) is 17.1 Å². The fourth-order valence-corrected chi connectivity index (χ4v) is 1.94. The summed E-state index contributed by atoms with van der Waals surface area (Å²) >= 11 is 5.75. The van der Waals surface area contributed by atoms with E-state index in [1.807, 2.05) is 0 Å². The molecule has 1 nitrogen and oxygen atoms in total. The molecule has 1 saturated carbocycles. The highest BCUT2D eigenvalue weighted by molar-refractivity contribution is 6.31. The summed E-state index contributed by atoms with van der Waals surface area (Å²) in [6, 6.07) is 0. The summed E-state index contributed by atoms with van der Waals surface area (Å²) in [4.78, 5) is 10.3. The Morgan fingerprint density at radius 1 is 1.67 bits per heavy atom. The Morgan fingerprint density at radius 3 is 2.78 bits per heavy atom. The molecule has 0 spiro atoms. The van der Waals surface area contributed by atoms with Crippen molar-refractivity contribution in [2.45, 2.75) is 12.8 Å². The van der Waals surface area contributed by atoms with Gasteiger partial charge in [-0.15, -0.1) is 0 Å². The van der Waals surface area contributed by atoms with Crippen LogP contribution in [0.25, 0.3) is 0 Å². The standard InChI is InChI=1S/C7H7ClO/c8-7-2-4-1-5(4)6(7)3-9/h3-5H,1-2H2. The Morgan fingerprint density at radius 2 is 2.44 bits per heavy atom. The Labute approximate surface area is 58.7 Å². The molecule has 9 heavy (non-hydrogen) atoms. The molecule has 0 bridgehead atoms. The number of hydrogen-bond acceptors (Lipinski definition) is 1. The smallest absolute Gasteiger partial charge is 0.147 e. The van der Waals surface area contributed by atoms with Crippen molar-refractivity contribution in [3.8, 4) is 0 Å². The third-order valence-corrected chi connectivity index (χ3v) is 2.58. The molecule has 2 rings (SSSR count). The van der Waals surface area contributed by atoms with Gasteiger partial charge in [-0.05, 0) is 24.7 Å². The monoisotopic (exact) mass is 142 g/mol. The molecule has 0 heterocycles. The van der Waals surface area contributed by atoms with Gasteiger partial charge in [0.25, 0.3) is 0 Å². The number of hydrogen-bond donors (Lipinski definition) is 0. The molecule has 2 unspecified atom stereocenters. The second kappa shape index (κ2) is 1.60. The van der Waals surface area contributed by atoms with Crippen LogP contribution >= 0.6 is 11.6 Å². The summed E-state index contributed by atoms with van der Waals surface area (Å²) < 4.78 is 0. The van der Waals surface area contributed by atoms with Crippen LogP contribution < -0.4 is 0 Å². The Hall–Kier alpha value is -0.300. The molecule has 48 valence electrons. The van der Waals surface area contributed by atoms with E-state index in [1.165, 1.54) is 6.42 Å². The largest absolute Gasteiger partial charge is 0.298 e. The molecular weight excluding hydrogens is 136 g/mol. The van der Waals surface area contributed by atoms with Crippen LogP contribution in [-0.4, -0.2) is 6.29 Å². The van der Waals surface area contributed by atoms with Gasteiger partial charge in [0.05, 0.1) is 0 Å². The summed E-state index contributed by atoms with van der Waals surface area (Å²) in [5.41, 5.74) is 0.877. The van der Waals surface area contributed by atoms with E-state index in [-0.39, 0.29) is 0 Å². The zero-order chi connectivity index (χ0) is 6.43. The maximum atomic E-state index is 10.3. The van der Waals surface area contributed by atoms with E-state index in [4.69, 9.17) is 11.6 Å². The minimum absolute atomic E-state index is 0.551. The number of carbonyl (C=O) groups is 1. The minimum atomic E-state index is 0.551. The fourth-order valence-electron chi connectivity index (χ4n) is 1.55. The van der Waals surface area contributed by atoms with E-state index in [1.54, 1.807) is 0 Å².